The first kappa shape index (κ1) is 16.5. The Morgan fingerprint density at radius 1 is 1.25 bits per heavy atom. The van der Waals surface area contributed by atoms with Crippen LogP contribution >= 0.6 is 0 Å². The van der Waals surface area contributed by atoms with Gasteiger partial charge < -0.3 is 10.8 Å². The molecule has 112 valence electrons. The van der Waals surface area contributed by atoms with Crippen molar-refractivity contribution in [1.29, 1.82) is 0 Å². The fraction of sp³-hybridized carbons (Fsp3) is 0.500. The molecule has 1 aromatic rings. The van der Waals surface area contributed by atoms with E-state index < -0.39 is 23.1 Å². The zero-order valence-electron chi connectivity index (χ0n) is 11.2. The number of hydrogen-bond donors (Lipinski definition) is 2. The van der Waals surface area contributed by atoms with Crippen LogP contribution < -0.4 is 5.73 Å². The molecule has 0 amide bonds. The van der Waals surface area contributed by atoms with Gasteiger partial charge in [-0.25, -0.2) is 0 Å². The predicted octanol–water partition coefficient (Wildman–Crippen LogP) is 3.08. The molecule has 3 nitrogen and oxygen atoms in total. The molecule has 0 saturated heterocycles. The Bertz CT molecular complexity index is 456. The van der Waals surface area contributed by atoms with Gasteiger partial charge in [0.2, 0.25) is 0 Å². The molecule has 1 unspecified atom stereocenters. The molecule has 6 heteroatoms. The van der Waals surface area contributed by atoms with Crippen molar-refractivity contribution >= 4 is 5.97 Å². The molecule has 0 aliphatic rings. The van der Waals surface area contributed by atoms with E-state index in [4.69, 9.17) is 5.73 Å². The number of carboxylic acid groups (broad SMARTS) is 1. The van der Waals surface area contributed by atoms with Crippen molar-refractivity contribution in [3.8, 4) is 0 Å². The van der Waals surface area contributed by atoms with Crippen LogP contribution in [0.1, 0.15) is 30.9 Å². The van der Waals surface area contributed by atoms with Gasteiger partial charge in [0.1, 0.15) is 0 Å². The fourth-order valence-electron chi connectivity index (χ4n) is 2.21. The van der Waals surface area contributed by atoms with E-state index in [0.717, 1.165) is 12.1 Å². The highest BCUT2D eigenvalue weighted by molar-refractivity contribution is 5.75. The highest BCUT2D eigenvalue weighted by Crippen LogP contribution is 2.32. The second-order valence-corrected chi connectivity index (χ2v) is 4.91. The molecule has 0 spiro atoms. The van der Waals surface area contributed by atoms with E-state index in [1.807, 2.05) is 6.92 Å². The van der Waals surface area contributed by atoms with Crippen molar-refractivity contribution in [3.05, 3.63) is 35.4 Å². The molecule has 0 saturated carbocycles. The number of carbonyl (C=O) groups is 1. The molecule has 0 aromatic heterocycles. The topological polar surface area (TPSA) is 63.3 Å². The van der Waals surface area contributed by atoms with Crippen LogP contribution in [0.25, 0.3) is 0 Å². The summed E-state index contributed by atoms with van der Waals surface area (Å²) >= 11 is 0. The van der Waals surface area contributed by atoms with Crippen LogP contribution in [0.4, 0.5) is 13.2 Å². The van der Waals surface area contributed by atoms with E-state index in [2.05, 4.69) is 0 Å². The van der Waals surface area contributed by atoms with Gasteiger partial charge in [-0.3, -0.25) is 4.79 Å². The first-order chi connectivity index (χ1) is 9.25. The smallest absolute Gasteiger partial charge is 0.416 e. The van der Waals surface area contributed by atoms with Crippen molar-refractivity contribution < 1.29 is 23.1 Å². The molecule has 20 heavy (non-hydrogen) atoms. The lowest BCUT2D eigenvalue weighted by molar-refractivity contribution is -0.149. The number of hydrogen-bond acceptors (Lipinski definition) is 2. The minimum atomic E-state index is -4.39. The van der Waals surface area contributed by atoms with Gasteiger partial charge >= 0.3 is 12.1 Å². The lowest BCUT2D eigenvalue weighted by atomic mass is 9.78. The summed E-state index contributed by atoms with van der Waals surface area (Å²) in [7, 11) is 0. The third-order valence-electron chi connectivity index (χ3n) is 3.40. The monoisotopic (exact) mass is 289 g/mol. The number of nitrogens with two attached hydrogens (primary N) is 1. The SMILES string of the molecule is CCCC(CN)(Cc1ccc(C(F)(F)F)cc1)C(=O)O. The Kier molecular flexibility index (Phi) is 5.16. The van der Waals surface area contributed by atoms with Crippen molar-refractivity contribution in [3.63, 3.8) is 0 Å². The van der Waals surface area contributed by atoms with E-state index in [0.29, 0.717) is 18.4 Å². The third kappa shape index (κ3) is 3.72. The maximum Gasteiger partial charge on any atom is 0.416 e. The molecular formula is C14H18F3NO2. The molecule has 1 aromatic carbocycles. The van der Waals surface area contributed by atoms with Crippen LogP contribution in [0.5, 0.6) is 0 Å². The molecule has 3 N–H and O–H groups in total. The number of aliphatic carboxylic acids is 1. The second kappa shape index (κ2) is 6.26. The second-order valence-electron chi connectivity index (χ2n) is 4.91. The molecule has 0 radical (unpaired) electrons. The van der Waals surface area contributed by atoms with Gasteiger partial charge in [-0.15, -0.1) is 0 Å². The summed E-state index contributed by atoms with van der Waals surface area (Å²) in [4.78, 5) is 11.4. The Morgan fingerprint density at radius 3 is 2.15 bits per heavy atom. The summed E-state index contributed by atoms with van der Waals surface area (Å²) in [5.41, 5.74) is 4.26. The predicted molar refractivity (Wildman–Crippen MR) is 69.2 cm³/mol. The van der Waals surface area contributed by atoms with Crippen LogP contribution in [0.15, 0.2) is 24.3 Å². The highest BCUT2D eigenvalue weighted by Gasteiger charge is 2.36. The molecule has 0 aliphatic heterocycles. The molecular weight excluding hydrogens is 271 g/mol. The Labute approximate surface area is 115 Å². The zero-order valence-corrected chi connectivity index (χ0v) is 11.2. The average molecular weight is 289 g/mol. The van der Waals surface area contributed by atoms with E-state index in [1.165, 1.54) is 12.1 Å². The lowest BCUT2D eigenvalue weighted by Crippen LogP contribution is -2.40. The Hall–Kier alpha value is -1.56. The summed E-state index contributed by atoms with van der Waals surface area (Å²) < 4.78 is 37.4. The summed E-state index contributed by atoms with van der Waals surface area (Å²) in [6.45, 7) is 1.80. The van der Waals surface area contributed by atoms with Gasteiger partial charge in [0.25, 0.3) is 0 Å². The zero-order chi connectivity index (χ0) is 15.4. The first-order valence-corrected chi connectivity index (χ1v) is 6.35. The normalized spacial score (nSPS) is 14.8. The number of benzene rings is 1. The Morgan fingerprint density at radius 2 is 1.80 bits per heavy atom. The van der Waals surface area contributed by atoms with Crippen LogP contribution in [0.2, 0.25) is 0 Å². The van der Waals surface area contributed by atoms with E-state index in [1.54, 1.807) is 0 Å². The van der Waals surface area contributed by atoms with Crippen LogP contribution in [0.3, 0.4) is 0 Å². The molecule has 1 atom stereocenters. The van der Waals surface area contributed by atoms with Gasteiger partial charge in [-0.2, -0.15) is 13.2 Å². The standard InChI is InChI=1S/C14H18F3NO2/c1-2-7-13(9-18,12(19)20)8-10-3-5-11(6-4-10)14(15,16)17/h3-6H,2,7-9,18H2,1H3,(H,19,20). The fourth-order valence-corrected chi connectivity index (χ4v) is 2.21. The minimum absolute atomic E-state index is 0.0444. The molecule has 0 fully saturated rings. The van der Waals surface area contributed by atoms with E-state index >= 15 is 0 Å². The molecule has 0 bridgehead atoms. The van der Waals surface area contributed by atoms with Gasteiger partial charge in [0.05, 0.1) is 11.0 Å². The molecule has 0 aliphatic carbocycles. The van der Waals surface area contributed by atoms with Crippen molar-refractivity contribution in [2.45, 2.75) is 32.4 Å². The van der Waals surface area contributed by atoms with Crippen molar-refractivity contribution in [2.75, 3.05) is 6.54 Å². The van der Waals surface area contributed by atoms with Gasteiger partial charge in [0.15, 0.2) is 0 Å². The van der Waals surface area contributed by atoms with Crippen LogP contribution in [-0.4, -0.2) is 17.6 Å². The number of rotatable bonds is 6. The summed E-state index contributed by atoms with van der Waals surface area (Å²) in [5, 5.41) is 9.34. The van der Waals surface area contributed by atoms with Crippen LogP contribution in [0, 0.1) is 5.41 Å². The maximum atomic E-state index is 12.5. The van der Waals surface area contributed by atoms with Gasteiger partial charge in [-0.05, 0) is 30.5 Å². The Balaban J connectivity index is 2.98. The van der Waals surface area contributed by atoms with E-state index in [-0.39, 0.29) is 13.0 Å². The summed E-state index contributed by atoms with van der Waals surface area (Å²) in [6, 6.07) is 4.55. The number of halogens is 3. The summed E-state index contributed by atoms with van der Waals surface area (Å²) in [5.74, 6) is -1.01. The third-order valence-corrected chi connectivity index (χ3v) is 3.40. The minimum Gasteiger partial charge on any atom is -0.481 e. The summed E-state index contributed by atoms with van der Waals surface area (Å²) in [6.07, 6.45) is -3.23. The molecule has 0 heterocycles. The van der Waals surface area contributed by atoms with Crippen molar-refractivity contribution in [1.82, 2.24) is 0 Å². The lowest BCUT2D eigenvalue weighted by Gasteiger charge is -2.27. The van der Waals surface area contributed by atoms with Crippen molar-refractivity contribution in [2.24, 2.45) is 11.1 Å². The maximum absolute atomic E-state index is 12.5. The molecule has 1 rings (SSSR count). The first-order valence-electron chi connectivity index (χ1n) is 6.35. The van der Waals surface area contributed by atoms with Gasteiger partial charge in [0, 0.05) is 6.54 Å². The van der Waals surface area contributed by atoms with Crippen LogP contribution in [-0.2, 0) is 17.4 Å². The quantitative estimate of drug-likeness (QED) is 0.846. The number of carboxylic acids is 1. The van der Waals surface area contributed by atoms with Gasteiger partial charge in [-0.1, -0.05) is 25.5 Å². The largest absolute Gasteiger partial charge is 0.481 e. The van der Waals surface area contributed by atoms with E-state index in [9.17, 15) is 23.1 Å². The number of alkyl halides is 3. The average Bonchev–Trinajstić information content (AvgIpc) is 2.37. The highest BCUT2D eigenvalue weighted by atomic mass is 19.4.